The van der Waals surface area contributed by atoms with Crippen molar-refractivity contribution in [2.24, 2.45) is 0 Å². The molecule has 3 heteroatoms. The zero-order valence-corrected chi connectivity index (χ0v) is 24.3. The van der Waals surface area contributed by atoms with E-state index in [1.54, 1.807) is 0 Å². The second kappa shape index (κ2) is 10.7. The second-order valence-electron chi connectivity index (χ2n) is 9.68. The summed E-state index contributed by atoms with van der Waals surface area (Å²) in [4.78, 5) is 8.12. The predicted molar refractivity (Wildman–Crippen MR) is 165 cm³/mol. The molecule has 0 amide bonds. The second-order valence-corrected chi connectivity index (χ2v) is 11.9. The molecular weight excluding hydrogens is 487 g/mol. The van der Waals surface area contributed by atoms with Gasteiger partial charge >= 0.3 is 0 Å². The molecule has 0 N–H and O–H groups in total. The predicted octanol–water partition coefficient (Wildman–Crippen LogP) is 11.0. The Morgan fingerprint density at radius 3 is 1.22 bits per heavy atom. The van der Waals surface area contributed by atoms with Gasteiger partial charge in [0.1, 0.15) is 0 Å². The molecule has 0 fully saturated rings. The van der Waals surface area contributed by atoms with E-state index in [1.807, 2.05) is 22.7 Å². The molecule has 0 unspecified atom stereocenters. The van der Waals surface area contributed by atoms with Crippen LogP contribution < -0.4 is 4.90 Å². The van der Waals surface area contributed by atoms with Crippen LogP contribution in [-0.2, 0) is 12.8 Å². The van der Waals surface area contributed by atoms with E-state index in [0.29, 0.717) is 0 Å². The van der Waals surface area contributed by atoms with Crippen molar-refractivity contribution in [2.45, 2.75) is 54.4 Å². The Kier molecular flexibility index (Phi) is 7.37. The topological polar surface area (TPSA) is 3.24 Å². The monoisotopic (exact) mass is 521 g/mol. The maximum Gasteiger partial charge on any atom is 0.0462 e. The molecule has 0 aliphatic carbocycles. The first-order valence-corrected chi connectivity index (χ1v) is 14.8. The van der Waals surface area contributed by atoms with E-state index in [0.717, 1.165) is 18.5 Å². The van der Waals surface area contributed by atoms with E-state index < -0.39 is 0 Å². The van der Waals surface area contributed by atoms with Gasteiger partial charge in [0.15, 0.2) is 0 Å². The summed E-state index contributed by atoms with van der Waals surface area (Å²) >= 11 is 3.88. The number of nitrogens with zero attached hydrogens (tertiary/aromatic N) is 1. The fraction of sp³-hybridized carbons (Fsp3) is 0.235. The Morgan fingerprint density at radius 2 is 0.865 bits per heavy atom. The summed E-state index contributed by atoms with van der Waals surface area (Å²) in [6.07, 6.45) is 2.19. The van der Waals surface area contributed by atoms with Gasteiger partial charge in [0.05, 0.1) is 0 Å². The summed E-state index contributed by atoms with van der Waals surface area (Å²) < 4.78 is 0. The van der Waals surface area contributed by atoms with Gasteiger partial charge in [0.25, 0.3) is 0 Å². The van der Waals surface area contributed by atoms with Crippen molar-refractivity contribution in [3.63, 3.8) is 0 Å². The molecule has 188 valence electrons. The zero-order valence-electron chi connectivity index (χ0n) is 22.7. The molecule has 0 spiro atoms. The van der Waals surface area contributed by atoms with Crippen LogP contribution in [0.25, 0.3) is 20.9 Å². The number of rotatable bonds is 7. The Morgan fingerprint density at radius 1 is 0.486 bits per heavy atom. The summed E-state index contributed by atoms with van der Waals surface area (Å²) in [5.41, 5.74) is 11.8. The van der Waals surface area contributed by atoms with Gasteiger partial charge in [-0.2, -0.15) is 0 Å². The van der Waals surface area contributed by atoms with Crippen molar-refractivity contribution in [3.05, 3.63) is 111 Å². The highest BCUT2D eigenvalue weighted by Crippen LogP contribution is 2.41. The third-order valence-electron chi connectivity index (χ3n) is 7.53. The number of hydrogen-bond acceptors (Lipinski definition) is 3. The maximum absolute atomic E-state index is 2.35. The summed E-state index contributed by atoms with van der Waals surface area (Å²) in [5.74, 6) is 0. The molecule has 0 atom stereocenters. The number of thiophene rings is 2. The Labute approximate surface area is 230 Å². The van der Waals surface area contributed by atoms with E-state index in [2.05, 4.69) is 125 Å². The molecule has 0 aliphatic rings. The first kappa shape index (κ1) is 25.5. The molecular formula is C34H35NS2. The fourth-order valence-electron chi connectivity index (χ4n) is 5.08. The lowest BCUT2D eigenvalue weighted by Gasteiger charge is -2.26. The third kappa shape index (κ3) is 4.79. The smallest absolute Gasteiger partial charge is 0.0462 e. The number of aryl methyl sites for hydroxylation is 2. The fourth-order valence-corrected chi connectivity index (χ4v) is 7.60. The molecule has 5 aromatic rings. The van der Waals surface area contributed by atoms with Crippen LogP contribution in [0, 0.1) is 27.7 Å². The van der Waals surface area contributed by atoms with Crippen LogP contribution in [-0.4, -0.2) is 0 Å². The minimum atomic E-state index is 1.09. The molecule has 5 rings (SSSR count). The van der Waals surface area contributed by atoms with Gasteiger partial charge in [0.2, 0.25) is 0 Å². The largest absolute Gasteiger partial charge is 0.311 e. The quantitative estimate of drug-likeness (QED) is 0.206. The van der Waals surface area contributed by atoms with E-state index >= 15 is 0 Å². The average molecular weight is 522 g/mol. The van der Waals surface area contributed by atoms with Crippen LogP contribution in [0.1, 0.15) is 45.9 Å². The first-order chi connectivity index (χ1) is 17.9. The Bertz CT molecular complexity index is 1410. The van der Waals surface area contributed by atoms with Crippen molar-refractivity contribution >= 4 is 39.7 Å². The zero-order chi connectivity index (χ0) is 26.1. The van der Waals surface area contributed by atoms with Gasteiger partial charge in [-0.15, -0.1) is 22.7 Å². The van der Waals surface area contributed by atoms with Crippen LogP contribution in [0.5, 0.6) is 0 Å². The van der Waals surface area contributed by atoms with Gasteiger partial charge in [-0.1, -0.05) is 56.3 Å². The van der Waals surface area contributed by atoms with Crippen LogP contribution in [0.4, 0.5) is 17.1 Å². The summed E-state index contributed by atoms with van der Waals surface area (Å²) in [5, 5.41) is 0. The highest BCUT2D eigenvalue weighted by atomic mass is 32.1. The molecule has 0 aliphatic heterocycles. The number of anilines is 3. The highest BCUT2D eigenvalue weighted by molar-refractivity contribution is 7.16. The van der Waals surface area contributed by atoms with Crippen LogP contribution in [0.3, 0.4) is 0 Å². The van der Waals surface area contributed by atoms with E-state index in [1.165, 1.54) is 64.3 Å². The lowest BCUT2D eigenvalue weighted by atomic mass is 10.0. The average Bonchev–Trinajstić information content (AvgIpc) is 3.40. The van der Waals surface area contributed by atoms with Gasteiger partial charge < -0.3 is 4.90 Å². The molecule has 3 aromatic carbocycles. The summed E-state index contributed by atoms with van der Waals surface area (Å²) in [7, 11) is 0. The highest BCUT2D eigenvalue weighted by Gasteiger charge is 2.17. The Balaban J connectivity index is 1.52. The lowest BCUT2D eigenvalue weighted by molar-refractivity contribution is 1.15. The Hall–Kier alpha value is -3.14. The molecule has 0 saturated carbocycles. The standard InChI is InChI=1S/C34H35NS2/c1-7-31-22(3)24(5)33(36-31)26-14-18-29(19-15-26)35(28-12-10-9-11-13-28)30-20-16-27(17-21-30)34-25(6)23(4)32(8-2)37-34/h9-21H,7-8H2,1-6H3. The van der Waals surface area contributed by atoms with Crippen molar-refractivity contribution < 1.29 is 0 Å². The van der Waals surface area contributed by atoms with Crippen LogP contribution in [0.2, 0.25) is 0 Å². The van der Waals surface area contributed by atoms with Gasteiger partial charge in [-0.3, -0.25) is 0 Å². The van der Waals surface area contributed by atoms with E-state index in [4.69, 9.17) is 0 Å². The third-order valence-corrected chi connectivity index (χ3v) is 10.7. The van der Waals surface area contributed by atoms with Gasteiger partial charge in [-0.25, -0.2) is 0 Å². The molecule has 0 radical (unpaired) electrons. The molecule has 0 saturated heterocycles. The van der Waals surface area contributed by atoms with Gasteiger partial charge in [-0.05, 0) is 110 Å². The number of benzene rings is 3. The molecule has 1 nitrogen and oxygen atoms in total. The lowest BCUT2D eigenvalue weighted by Crippen LogP contribution is -2.09. The first-order valence-electron chi connectivity index (χ1n) is 13.2. The molecule has 2 aromatic heterocycles. The summed E-state index contributed by atoms with van der Waals surface area (Å²) in [6.45, 7) is 13.5. The minimum absolute atomic E-state index is 1.09. The number of para-hydroxylation sites is 1. The maximum atomic E-state index is 2.35. The number of hydrogen-bond donors (Lipinski definition) is 0. The minimum Gasteiger partial charge on any atom is -0.311 e. The van der Waals surface area contributed by atoms with E-state index in [-0.39, 0.29) is 0 Å². The summed E-state index contributed by atoms with van der Waals surface area (Å²) in [6, 6.07) is 28.8. The molecule has 37 heavy (non-hydrogen) atoms. The van der Waals surface area contributed by atoms with Crippen molar-refractivity contribution in [3.8, 4) is 20.9 Å². The normalized spacial score (nSPS) is 11.2. The van der Waals surface area contributed by atoms with Gasteiger partial charge in [0, 0.05) is 36.6 Å². The van der Waals surface area contributed by atoms with Crippen LogP contribution in [0.15, 0.2) is 78.9 Å². The van der Waals surface area contributed by atoms with Crippen molar-refractivity contribution in [1.29, 1.82) is 0 Å². The van der Waals surface area contributed by atoms with Crippen molar-refractivity contribution in [2.75, 3.05) is 4.90 Å². The molecule has 0 bridgehead atoms. The van der Waals surface area contributed by atoms with Crippen molar-refractivity contribution in [1.82, 2.24) is 0 Å². The van der Waals surface area contributed by atoms with Crippen LogP contribution >= 0.6 is 22.7 Å². The van der Waals surface area contributed by atoms with E-state index in [9.17, 15) is 0 Å². The SMILES string of the molecule is CCc1sc(-c2ccc(N(c3ccccc3)c3ccc(-c4sc(CC)c(C)c4C)cc3)cc2)c(C)c1C. The molecule has 2 heterocycles.